The molecule has 0 amide bonds. The van der Waals surface area contributed by atoms with Gasteiger partial charge in [-0.1, -0.05) is 18.9 Å². The van der Waals surface area contributed by atoms with Crippen molar-refractivity contribution in [2.45, 2.75) is 57.5 Å². The van der Waals surface area contributed by atoms with Crippen molar-refractivity contribution in [3.05, 3.63) is 29.6 Å². The molecule has 0 spiro atoms. The van der Waals surface area contributed by atoms with Gasteiger partial charge in [-0.15, -0.1) is 0 Å². The Morgan fingerprint density at radius 2 is 1.95 bits per heavy atom. The third kappa shape index (κ3) is 2.56. The van der Waals surface area contributed by atoms with Crippen LogP contribution < -0.4 is 10.6 Å². The summed E-state index contributed by atoms with van der Waals surface area (Å²) in [5, 5.41) is 0. The standard InChI is InChI=1S/C17H25FN2/c1-12(19)14-8-9-17(15(18)11-14)20-10-4-6-13-5-2-3-7-16(13)20/h8-9,11-13,16H,2-7,10,19H2,1H3/t12?,13-,16-/m1/s1. The lowest BCUT2D eigenvalue weighted by atomic mass is 9.78. The molecule has 1 aliphatic heterocycles. The van der Waals surface area contributed by atoms with Crippen molar-refractivity contribution in [3.63, 3.8) is 0 Å². The van der Waals surface area contributed by atoms with Crippen molar-refractivity contribution >= 4 is 5.69 Å². The molecule has 2 N–H and O–H groups in total. The minimum Gasteiger partial charge on any atom is -0.366 e. The van der Waals surface area contributed by atoms with Crippen molar-refractivity contribution < 1.29 is 4.39 Å². The lowest BCUT2D eigenvalue weighted by Crippen LogP contribution is -2.47. The minimum absolute atomic E-state index is 0.106. The minimum atomic E-state index is -0.109. The van der Waals surface area contributed by atoms with Crippen LogP contribution in [-0.2, 0) is 0 Å². The molecule has 1 saturated heterocycles. The van der Waals surface area contributed by atoms with Crippen LogP contribution in [0.1, 0.15) is 57.1 Å². The number of fused-ring (bicyclic) bond motifs is 1. The Bertz CT molecular complexity index is 470. The van der Waals surface area contributed by atoms with Gasteiger partial charge in [0.05, 0.1) is 5.69 Å². The van der Waals surface area contributed by atoms with E-state index in [1.165, 1.54) is 38.5 Å². The molecule has 3 rings (SSSR count). The van der Waals surface area contributed by atoms with Crippen LogP contribution in [0.5, 0.6) is 0 Å². The number of halogens is 1. The highest BCUT2D eigenvalue weighted by atomic mass is 19.1. The van der Waals surface area contributed by atoms with Gasteiger partial charge in [-0.2, -0.15) is 0 Å². The zero-order valence-electron chi connectivity index (χ0n) is 12.3. The molecule has 1 unspecified atom stereocenters. The van der Waals surface area contributed by atoms with Crippen LogP contribution in [0.3, 0.4) is 0 Å². The molecule has 0 aromatic heterocycles. The normalized spacial score (nSPS) is 28.1. The largest absolute Gasteiger partial charge is 0.366 e. The summed E-state index contributed by atoms with van der Waals surface area (Å²) in [5.74, 6) is 0.663. The van der Waals surface area contributed by atoms with E-state index in [9.17, 15) is 4.39 Å². The van der Waals surface area contributed by atoms with Crippen LogP contribution in [0.2, 0.25) is 0 Å². The van der Waals surface area contributed by atoms with Gasteiger partial charge in [-0.05, 0) is 56.2 Å². The Kier molecular flexibility index (Phi) is 3.97. The Balaban J connectivity index is 1.87. The van der Waals surface area contributed by atoms with E-state index < -0.39 is 0 Å². The van der Waals surface area contributed by atoms with E-state index in [1.807, 2.05) is 19.1 Å². The van der Waals surface area contributed by atoms with Crippen LogP contribution >= 0.6 is 0 Å². The number of nitrogens with zero attached hydrogens (tertiary/aromatic N) is 1. The highest BCUT2D eigenvalue weighted by Crippen LogP contribution is 2.38. The maximum absolute atomic E-state index is 14.5. The van der Waals surface area contributed by atoms with Crippen LogP contribution in [0, 0.1) is 11.7 Å². The van der Waals surface area contributed by atoms with Crippen LogP contribution in [0.25, 0.3) is 0 Å². The summed E-state index contributed by atoms with van der Waals surface area (Å²) >= 11 is 0. The number of anilines is 1. The van der Waals surface area contributed by atoms with E-state index in [-0.39, 0.29) is 11.9 Å². The van der Waals surface area contributed by atoms with E-state index in [1.54, 1.807) is 6.07 Å². The molecule has 1 aliphatic carbocycles. The molecule has 1 aromatic carbocycles. The van der Waals surface area contributed by atoms with Crippen LogP contribution in [0.15, 0.2) is 18.2 Å². The van der Waals surface area contributed by atoms with Crippen molar-refractivity contribution in [1.82, 2.24) is 0 Å². The van der Waals surface area contributed by atoms with E-state index in [2.05, 4.69) is 4.90 Å². The molecule has 1 saturated carbocycles. The first-order valence-corrected chi connectivity index (χ1v) is 7.98. The first kappa shape index (κ1) is 13.9. The van der Waals surface area contributed by atoms with E-state index in [4.69, 9.17) is 5.73 Å². The summed E-state index contributed by atoms with van der Waals surface area (Å²) in [6.45, 7) is 2.89. The lowest BCUT2D eigenvalue weighted by Gasteiger charge is -2.45. The van der Waals surface area contributed by atoms with Crippen molar-refractivity contribution in [2.24, 2.45) is 11.7 Å². The summed E-state index contributed by atoms with van der Waals surface area (Å²) < 4.78 is 14.5. The molecular weight excluding hydrogens is 251 g/mol. The third-order valence-electron chi connectivity index (χ3n) is 5.05. The zero-order chi connectivity index (χ0) is 14.1. The fourth-order valence-corrected chi connectivity index (χ4v) is 3.96. The molecule has 3 heteroatoms. The number of hydrogen-bond acceptors (Lipinski definition) is 2. The first-order valence-electron chi connectivity index (χ1n) is 7.98. The van der Waals surface area contributed by atoms with E-state index in [0.29, 0.717) is 6.04 Å². The highest BCUT2D eigenvalue weighted by Gasteiger charge is 2.34. The number of hydrogen-bond donors (Lipinski definition) is 1. The Hall–Kier alpha value is -1.09. The molecule has 2 fully saturated rings. The molecule has 1 aromatic rings. The summed E-state index contributed by atoms with van der Waals surface area (Å²) in [4.78, 5) is 2.33. The maximum atomic E-state index is 14.5. The molecule has 20 heavy (non-hydrogen) atoms. The molecular formula is C17H25FN2. The Morgan fingerprint density at radius 3 is 2.70 bits per heavy atom. The average Bonchev–Trinajstić information content (AvgIpc) is 2.46. The van der Waals surface area contributed by atoms with Crippen LogP contribution in [-0.4, -0.2) is 12.6 Å². The third-order valence-corrected chi connectivity index (χ3v) is 5.05. The molecule has 0 bridgehead atoms. The Morgan fingerprint density at radius 1 is 1.20 bits per heavy atom. The molecule has 2 aliphatic rings. The molecule has 1 heterocycles. The highest BCUT2D eigenvalue weighted by molar-refractivity contribution is 5.51. The van der Waals surface area contributed by atoms with Gasteiger partial charge in [-0.3, -0.25) is 0 Å². The van der Waals surface area contributed by atoms with Crippen molar-refractivity contribution in [2.75, 3.05) is 11.4 Å². The first-order chi connectivity index (χ1) is 9.66. The second-order valence-electron chi connectivity index (χ2n) is 6.45. The van der Waals surface area contributed by atoms with E-state index in [0.717, 1.165) is 23.7 Å². The lowest BCUT2D eigenvalue weighted by molar-refractivity contribution is 0.242. The van der Waals surface area contributed by atoms with Crippen molar-refractivity contribution in [1.29, 1.82) is 0 Å². The Labute approximate surface area is 121 Å². The van der Waals surface area contributed by atoms with Gasteiger partial charge >= 0.3 is 0 Å². The summed E-state index contributed by atoms with van der Waals surface area (Å²) in [7, 11) is 0. The molecule has 3 atom stereocenters. The van der Waals surface area contributed by atoms with E-state index >= 15 is 0 Å². The predicted octanol–water partition coefficient (Wildman–Crippen LogP) is 4.00. The van der Waals surface area contributed by atoms with Gasteiger partial charge in [0.1, 0.15) is 5.82 Å². The smallest absolute Gasteiger partial charge is 0.146 e. The van der Waals surface area contributed by atoms with Gasteiger partial charge < -0.3 is 10.6 Å². The fraction of sp³-hybridized carbons (Fsp3) is 0.647. The summed E-state index contributed by atoms with van der Waals surface area (Å²) in [6.07, 6.45) is 7.69. The monoisotopic (exact) mass is 276 g/mol. The molecule has 2 nitrogen and oxygen atoms in total. The predicted molar refractivity (Wildman–Crippen MR) is 81.3 cm³/mol. The van der Waals surface area contributed by atoms with Crippen molar-refractivity contribution in [3.8, 4) is 0 Å². The topological polar surface area (TPSA) is 29.3 Å². The van der Waals surface area contributed by atoms with Gasteiger partial charge in [0, 0.05) is 18.6 Å². The maximum Gasteiger partial charge on any atom is 0.146 e. The van der Waals surface area contributed by atoms with Gasteiger partial charge in [0.15, 0.2) is 0 Å². The number of rotatable bonds is 2. The summed E-state index contributed by atoms with van der Waals surface area (Å²) in [5.41, 5.74) is 7.50. The second kappa shape index (κ2) is 5.72. The SMILES string of the molecule is CC(N)c1ccc(N2CCC[C@H]3CCCC[C@H]32)c(F)c1. The van der Waals surface area contributed by atoms with Gasteiger partial charge in [0.25, 0.3) is 0 Å². The average molecular weight is 276 g/mol. The molecule has 110 valence electrons. The van der Waals surface area contributed by atoms with Crippen LogP contribution in [0.4, 0.5) is 10.1 Å². The quantitative estimate of drug-likeness (QED) is 0.884. The van der Waals surface area contributed by atoms with Gasteiger partial charge in [-0.25, -0.2) is 4.39 Å². The fourth-order valence-electron chi connectivity index (χ4n) is 3.96. The summed E-state index contributed by atoms with van der Waals surface area (Å²) in [6, 6.07) is 5.97. The number of piperidine rings is 1. The number of nitrogens with two attached hydrogens (primary N) is 1. The van der Waals surface area contributed by atoms with Gasteiger partial charge in [0.2, 0.25) is 0 Å². The molecule has 0 radical (unpaired) electrons. The zero-order valence-corrected chi connectivity index (χ0v) is 12.3. The number of benzene rings is 1. The second-order valence-corrected chi connectivity index (χ2v) is 6.45.